The van der Waals surface area contributed by atoms with Gasteiger partial charge >= 0.3 is 5.97 Å². The van der Waals surface area contributed by atoms with Gasteiger partial charge in [-0.05, 0) is 49.1 Å². The Morgan fingerprint density at radius 1 is 1.50 bits per heavy atom. The third-order valence-corrected chi connectivity index (χ3v) is 3.12. The van der Waals surface area contributed by atoms with Crippen LogP contribution in [-0.2, 0) is 9.53 Å². The van der Waals surface area contributed by atoms with Gasteiger partial charge in [-0.2, -0.15) is 11.8 Å². The van der Waals surface area contributed by atoms with Crippen molar-refractivity contribution in [3.8, 4) is 0 Å². The highest BCUT2D eigenvalue weighted by Crippen LogP contribution is 2.16. The monoisotopic (exact) mass is 271 g/mol. The van der Waals surface area contributed by atoms with Crippen molar-refractivity contribution in [1.29, 1.82) is 0 Å². The number of halogens is 1. The summed E-state index contributed by atoms with van der Waals surface area (Å²) in [6.07, 6.45) is 2.62. The summed E-state index contributed by atoms with van der Waals surface area (Å²) in [5, 5.41) is 3.02. The molecule has 1 atom stereocenters. The van der Waals surface area contributed by atoms with E-state index < -0.39 is 6.04 Å². The second-order valence-electron chi connectivity index (χ2n) is 4.02. The average molecular weight is 271 g/mol. The molecular weight excluding hydrogens is 253 g/mol. The normalized spacial score (nSPS) is 12.0. The smallest absolute Gasteiger partial charge is 0.328 e. The Labute approximate surface area is 111 Å². The van der Waals surface area contributed by atoms with Crippen molar-refractivity contribution < 1.29 is 13.9 Å². The minimum Gasteiger partial charge on any atom is -0.467 e. The lowest BCUT2D eigenvalue weighted by Gasteiger charge is -2.17. The number of aryl methyl sites for hydroxylation is 1. The van der Waals surface area contributed by atoms with E-state index in [0.717, 1.165) is 11.3 Å². The van der Waals surface area contributed by atoms with Crippen LogP contribution < -0.4 is 5.32 Å². The maximum Gasteiger partial charge on any atom is 0.328 e. The van der Waals surface area contributed by atoms with Crippen molar-refractivity contribution >= 4 is 23.4 Å². The summed E-state index contributed by atoms with van der Waals surface area (Å²) < 4.78 is 18.0. The predicted molar refractivity (Wildman–Crippen MR) is 73.6 cm³/mol. The molecule has 0 fully saturated rings. The molecule has 0 amide bonds. The van der Waals surface area contributed by atoms with Crippen LogP contribution in [0.4, 0.5) is 10.1 Å². The first kappa shape index (κ1) is 14.8. The van der Waals surface area contributed by atoms with Crippen molar-refractivity contribution in [3.05, 3.63) is 29.6 Å². The molecule has 0 aromatic heterocycles. The molecule has 0 bridgehead atoms. The van der Waals surface area contributed by atoms with Crippen LogP contribution in [0.25, 0.3) is 0 Å². The number of nitrogens with one attached hydrogen (secondary N) is 1. The van der Waals surface area contributed by atoms with E-state index in [-0.39, 0.29) is 11.8 Å². The minimum absolute atomic E-state index is 0.314. The summed E-state index contributed by atoms with van der Waals surface area (Å²) in [6, 6.07) is 4.18. The average Bonchev–Trinajstić information content (AvgIpc) is 2.32. The first-order valence-corrected chi connectivity index (χ1v) is 7.06. The van der Waals surface area contributed by atoms with Gasteiger partial charge in [-0.3, -0.25) is 0 Å². The van der Waals surface area contributed by atoms with Gasteiger partial charge in [0.15, 0.2) is 0 Å². The summed E-state index contributed by atoms with van der Waals surface area (Å²) in [7, 11) is 1.35. The molecule has 0 aliphatic heterocycles. The molecule has 3 nitrogen and oxygen atoms in total. The zero-order valence-electron chi connectivity index (χ0n) is 10.8. The van der Waals surface area contributed by atoms with E-state index in [1.54, 1.807) is 17.8 Å². The number of benzene rings is 1. The summed E-state index contributed by atoms with van der Waals surface area (Å²) in [5.41, 5.74) is 1.41. The zero-order valence-corrected chi connectivity index (χ0v) is 11.6. The number of hydrogen-bond acceptors (Lipinski definition) is 4. The van der Waals surface area contributed by atoms with Gasteiger partial charge in [0.25, 0.3) is 0 Å². The van der Waals surface area contributed by atoms with Crippen molar-refractivity contribution in [3.63, 3.8) is 0 Å². The van der Waals surface area contributed by atoms with Crippen LogP contribution in [0.5, 0.6) is 0 Å². The number of hydrogen-bond donors (Lipinski definition) is 1. The van der Waals surface area contributed by atoms with Crippen LogP contribution in [0.1, 0.15) is 12.0 Å². The molecule has 1 aromatic carbocycles. The van der Waals surface area contributed by atoms with E-state index in [2.05, 4.69) is 5.32 Å². The molecule has 0 aliphatic carbocycles. The molecule has 1 unspecified atom stereocenters. The van der Waals surface area contributed by atoms with Gasteiger partial charge < -0.3 is 10.1 Å². The van der Waals surface area contributed by atoms with Gasteiger partial charge in [0.05, 0.1) is 7.11 Å². The molecule has 5 heteroatoms. The van der Waals surface area contributed by atoms with Crippen molar-refractivity contribution in [2.24, 2.45) is 0 Å². The number of carbonyl (C=O) groups is 1. The molecule has 0 radical (unpaired) electrons. The van der Waals surface area contributed by atoms with Gasteiger partial charge in [0.1, 0.15) is 11.9 Å². The number of rotatable bonds is 6. The zero-order chi connectivity index (χ0) is 13.5. The summed E-state index contributed by atoms with van der Waals surface area (Å²) in [4.78, 5) is 11.6. The number of esters is 1. The van der Waals surface area contributed by atoms with E-state index in [1.807, 2.05) is 13.2 Å². The van der Waals surface area contributed by atoms with Crippen LogP contribution in [0.2, 0.25) is 0 Å². The third-order valence-electron chi connectivity index (χ3n) is 2.48. The first-order valence-electron chi connectivity index (χ1n) is 5.67. The Morgan fingerprint density at radius 3 is 2.78 bits per heavy atom. The van der Waals surface area contributed by atoms with Crippen LogP contribution in [-0.4, -0.2) is 31.1 Å². The quantitative estimate of drug-likeness (QED) is 0.807. The highest BCUT2D eigenvalue weighted by atomic mass is 32.2. The third kappa shape index (κ3) is 4.56. The number of anilines is 1. The summed E-state index contributed by atoms with van der Waals surface area (Å²) >= 11 is 1.65. The minimum atomic E-state index is -0.441. The fraction of sp³-hybridized carbons (Fsp3) is 0.462. The highest BCUT2D eigenvalue weighted by Gasteiger charge is 2.18. The molecule has 0 heterocycles. The molecule has 1 N–H and O–H groups in total. The van der Waals surface area contributed by atoms with Crippen LogP contribution in [0.3, 0.4) is 0 Å². The highest BCUT2D eigenvalue weighted by molar-refractivity contribution is 7.98. The topological polar surface area (TPSA) is 38.3 Å². The second kappa shape index (κ2) is 7.26. The van der Waals surface area contributed by atoms with Gasteiger partial charge in [-0.25, -0.2) is 9.18 Å². The second-order valence-corrected chi connectivity index (χ2v) is 5.00. The van der Waals surface area contributed by atoms with Gasteiger partial charge in [-0.1, -0.05) is 0 Å². The largest absolute Gasteiger partial charge is 0.467 e. The maximum absolute atomic E-state index is 13.3. The standard InChI is InChI=1S/C13H18FNO2S/c1-9-6-10(14)8-11(7-9)15-12(4-5-18-3)13(16)17-2/h6-8,12,15H,4-5H2,1-3H3. The molecule has 0 spiro atoms. The van der Waals surface area contributed by atoms with E-state index in [0.29, 0.717) is 12.1 Å². The number of ether oxygens (including phenoxy) is 1. The van der Waals surface area contributed by atoms with Crippen molar-refractivity contribution in [1.82, 2.24) is 0 Å². The molecular formula is C13H18FNO2S. The summed E-state index contributed by atoms with van der Waals surface area (Å²) in [5.74, 6) is 0.193. The molecule has 0 aliphatic rings. The van der Waals surface area contributed by atoms with Crippen molar-refractivity contribution in [2.75, 3.05) is 24.4 Å². The Kier molecular flexibility index (Phi) is 5.98. The Hall–Kier alpha value is -1.23. The van der Waals surface area contributed by atoms with Gasteiger partial charge in [0, 0.05) is 5.69 Å². The SMILES string of the molecule is COC(=O)C(CCSC)Nc1cc(C)cc(F)c1. The number of carbonyl (C=O) groups excluding carboxylic acids is 1. The molecule has 1 rings (SSSR count). The lowest BCUT2D eigenvalue weighted by atomic mass is 10.1. The van der Waals surface area contributed by atoms with E-state index in [9.17, 15) is 9.18 Å². The number of thioether (sulfide) groups is 1. The number of methoxy groups -OCH3 is 1. The van der Waals surface area contributed by atoms with E-state index in [1.165, 1.54) is 19.2 Å². The van der Waals surface area contributed by atoms with E-state index >= 15 is 0 Å². The maximum atomic E-state index is 13.3. The van der Waals surface area contributed by atoms with Crippen LogP contribution >= 0.6 is 11.8 Å². The Morgan fingerprint density at radius 2 is 2.22 bits per heavy atom. The lowest BCUT2D eigenvalue weighted by molar-refractivity contribution is -0.141. The fourth-order valence-corrected chi connectivity index (χ4v) is 2.12. The van der Waals surface area contributed by atoms with Gasteiger partial charge in [0.2, 0.25) is 0 Å². The Balaban J connectivity index is 2.78. The van der Waals surface area contributed by atoms with Crippen LogP contribution in [0, 0.1) is 12.7 Å². The Bertz CT molecular complexity index is 392. The van der Waals surface area contributed by atoms with Gasteiger partial charge in [-0.15, -0.1) is 0 Å². The molecule has 1 aromatic rings. The fourth-order valence-electron chi connectivity index (χ4n) is 1.65. The van der Waals surface area contributed by atoms with Crippen LogP contribution in [0.15, 0.2) is 18.2 Å². The lowest BCUT2D eigenvalue weighted by Crippen LogP contribution is -2.31. The van der Waals surface area contributed by atoms with E-state index in [4.69, 9.17) is 4.74 Å². The molecule has 100 valence electrons. The predicted octanol–water partition coefficient (Wildman–Crippen LogP) is 2.84. The molecule has 18 heavy (non-hydrogen) atoms. The first-order chi connectivity index (χ1) is 8.56. The molecule has 0 saturated carbocycles. The summed E-state index contributed by atoms with van der Waals surface area (Å²) in [6.45, 7) is 1.81. The van der Waals surface area contributed by atoms with Crippen molar-refractivity contribution in [2.45, 2.75) is 19.4 Å². The molecule has 0 saturated heterocycles.